The van der Waals surface area contributed by atoms with Crippen molar-refractivity contribution < 1.29 is 19.6 Å². The summed E-state index contributed by atoms with van der Waals surface area (Å²) in [6, 6.07) is 0. The van der Waals surface area contributed by atoms with Crippen LogP contribution >= 0.6 is 0 Å². The van der Waals surface area contributed by atoms with Crippen molar-refractivity contribution in [2.75, 3.05) is 0 Å². The molecule has 1 fully saturated rings. The van der Waals surface area contributed by atoms with E-state index in [9.17, 15) is 0 Å². The molecule has 0 atom stereocenters. The predicted molar refractivity (Wildman–Crippen MR) is 97.4 cm³/mol. The highest BCUT2D eigenvalue weighted by Crippen LogP contribution is 2.33. The Kier molecular flexibility index (Phi) is 9.21. The third-order valence-corrected chi connectivity index (χ3v) is 4.00. The van der Waals surface area contributed by atoms with Gasteiger partial charge < -0.3 is 0 Å². The summed E-state index contributed by atoms with van der Waals surface area (Å²) in [6.07, 6.45) is 12.8. The number of hydrogen-bond acceptors (Lipinski definition) is 4. The van der Waals surface area contributed by atoms with E-state index in [4.69, 9.17) is 19.6 Å². The molecule has 0 heterocycles. The SMILES string of the molecule is CC(C)(C)OOC1(OOC(C)(C)C)CCCCCCCCCCC1. The maximum Gasteiger partial charge on any atom is 0.234 e. The molecule has 1 aliphatic carbocycles. The Morgan fingerprint density at radius 2 is 0.792 bits per heavy atom. The molecule has 4 nitrogen and oxygen atoms in total. The van der Waals surface area contributed by atoms with Crippen molar-refractivity contribution in [1.82, 2.24) is 0 Å². The first-order valence-electron chi connectivity index (χ1n) is 9.86. The van der Waals surface area contributed by atoms with Gasteiger partial charge in [-0.25, -0.2) is 9.78 Å². The zero-order valence-electron chi connectivity index (χ0n) is 16.9. The molecule has 1 saturated carbocycles. The van der Waals surface area contributed by atoms with Crippen LogP contribution in [-0.4, -0.2) is 17.0 Å². The average molecular weight is 345 g/mol. The van der Waals surface area contributed by atoms with Gasteiger partial charge in [-0.1, -0.05) is 44.9 Å². The zero-order chi connectivity index (χ0) is 18.1. The standard InChI is InChI=1S/C20H40O4/c1-18(2,3)21-23-20(24-22-19(4,5)6)16-14-12-10-8-7-9-11-13-15-17-20/h7-17H2,1-6H3. The van der Waals surface area contributed by atoms with Gasteiger partial charge in [0.1, 0.15) is 0 Å². The Morgan fingerprint density at radius 1 is 0.500 bits per heavy atom. The molecular weight excluding hydrogens is 304 g/mol. The van der Waals surface area contributed by atoms with Crippen LogP contribution in [-0.2, 0) is 19.6 Å². The summed E-state index contributed by atoms with van der Waals surface area (Å²) >= 11 is 0. The number of rotatable bonds is 4. The van der Waals surface area contributed by atoms with Crippen LogP contribution in [0.2, 0.25) is 0 Å². The normalized spacial score (nSPS) is 21.8. The van der Waals surface area contributed by atoms with Gasteiger partial charge >= 0.3 is 0 Å². The maximum atomic E-state index is 5.89. The second-order valence-electron chi connectivity index (χ2n) is 9.15. The summed E-state index contributed by atoms with van der Waals surface area (Å²) < 4.78 is 0. The van der Waals surface area contributed by atoms with E-state index in [0.29, 0.717) is 0 Å². The third kappa shape index (κ3) is 10.7. The quantitative estimate of drug-likeness (QED) is 0.332. The van der Waals surface area contributed by atoms with Gasteiger partial charge in [0.2, 0.25) is 5.79 Å². The van der Waals surface area contributed by atoms with Gasteiger partial charge in [0.25, 0.3) is 0 Å². The summed E-state index contributed by atoms with van der Waals surface area (Å²) in [6.45, 7) is 11.9. The predicted octanol–water partition coefficient (Wildman–Crippen LogP) is 6.48. The fourth-order valence-electron chi connectivity index (χ4n) is 2.73. The zero-order valence-corrected chi connectivity index (χ0v) is 16.9. The van der Waals surface area contributed by atoms with Crippen LogP contribution < -0.4 is 0 Å². The van der Waals surface area contributed by atoms with Gasteiger partial charge in [-0.05, 0) is 54.4 Å². The fraction of sp³-hybridized carbons (Fsp3) is 1.00. The van der Waals surface area contributed by atoms with Crippen molar-refractivity contribution >= 4 is 0 Å². The molecule has 0 aromatic carbocycles. The average Bonchev–Trinajstić information content (AvgIpc) is 2.44. The first-order valence-corrected chi connectivity index (χ1v) is 9.86. The molecule has 0 aromatic heterocycles. The topological polar surface area (TPSA) is 36.9 Å². The van der Waals surface area contributed by atoms with Gasteiger partial charge in [-0.3, -0.25) is 0 Å². The van der Waals surface area contributed by atoms with Crippen molar-refractivity contribution in [3.63, 3.8) is 0 Å². The lowest BCUT2D eigenvalue weighted by Gasteiger charge is -2.35. The molecule has 4 heteroatoms. The van der Waals surface area contributed by atoms with Crippen molar-refractivity contribution in [1.29, 1.82) is 0 Å². The number of hydrogen-bond donors (Lipinski definition) is 0. The van der Waals surface area contributed by atoms with E-state index in [1.165, 1.54) is 44.9 Å². The van der Waals surface area contributed by atoms with E-state index in [1.54, 1.807) is 0 Å². The molecule has 0 aliphatic heterocycles. The molecule has 0 unspecified atom stereocenters. The Balaban J connectivity index is 2.77. The van der Waals surface area contributed by atoms with Crippen LogP contribution in [0.3, 0.4) is 0 Å². The Morgan fingerprint density at radius 3 is 1.08 bits per heavy atom. The second-order valence-corrected chi connectivity index (χ2v) is 9.15. The first kappa shape index (κ1) is 21.9. The van der Waals surface area contributed by atoms with Gasteiger partial charge in [-0.15, -0.1) is 0 Å². The van der Waals surface area contributed by atoms with Crippen molar-refractivity contribution in [2.24, 2.45) is 0 Å². The molecule has 0 spiro atoms. The minimum atomic E-state index is -0.806. The van der Waals surface area contributed by atoms with Crippen LogP contribution in [0.1, 0.15) is 112 Å². The molecule has 0 radical (unpaired) electrons. The Hall–Kier alpha value is -0.160. The summed E-state index contributed by atoms with van der Waals surface area (Å²) in [7, 11) is 0. The smallest absolute Gasteiger partial charge is 0.228 e. The largest absolute Gasteiger partial charge is 0.234 e. The minimum absolute atomic E-state index is 0.373. The van der Waals surface area contributed by atoms with Crippen molar-refractivity contribution in [3.05, 3.63) is 0 Å². The van der Waals surface area contributed by atoms with Crippen LogP contribution in [0.15, 0.2) is 0 Å². The molecule has 0 N–H and O–H groups in total. The molecule has 1 rings (SSSR count). The molecule has 1 aliphatic rings. The summed E-state index contributed by atoms with van der Waals surface area (Å²) in [5.41, 5.74) is -0.746. The van der Waals surface area contributed by atoms with Gasteiger partial charge in [0.15, 0.2) is 0 Å². The monoisotopic (exact) mass is 344 g/mol. The highest BCUT2D eigenvalue weighted by molar-refractivity contribution is 4.70. The molecule has 0 bridgehead atoms. The van der Waals surface area contributed by atoms with E-state index in [1.807, 2.05) is 41.5 Å². The molecule has 24 heavy (non-hydrogen) atoms. The van der Waals surface area contributed by atoms with E-state index >= 15 is 0 Å². The Bertz CT molecular complexity index is 296. The lowest BCUT2D eigenvalue weighted by molar-refractivity contribution is -0.543. The maximum absolute atomic E-state index is 5.89. The molecule has 144 valence electrons. The first-order chi connectivity index (χ1) is 11.1. The van der Waals surface area contributed by atoms with Crippen LogP contribution in [0.25, 0.3) is 0 Å². The van der Waals surface area contributed by atoms with E-state index in [0.717, 1.165) is 25.7 Å². The van der Waals surface area contributed by atoms with Crippen LogP contribution in [0, 0.1) is 0 Å². The second kappa shape index (κ2) is 10.1. The van der Waals surface area contributed by atoms with Gasteiger partial charge in [-0.2, -0.15) is 9.78 Å². The highest BCUT2D eigenvalue weighted by atomic mass is 17.3. The Labute approximate surface area is 149 Å². The van der Waals surface area contributed by atoms with E-state index in [2.05, 4.69) is 0 Å². The molecule has 0 aromatic rings. The fourth-order valence-corrected chi connectivity index (χ4v) is 2.73. The van der Waals surface area contributed by atoms with Gasteiger partial charge in [0, 0.05) is 12.8 Å². The third-order valence-electron chi connectivity index (χ3n) is 4.00. The van der Waals surface area contributed by atoms with E-state index < -0.39 is 5.79 Å². The lowest BCUT2D eigenvalue weighted by Crippen LogP contribution is -2.41. The summed E-state index contributed by atoms with van der Waals surface area (Å²) in [5, 5.41) is 0. The summed E-state index contributed by atoms with van der Waals surface area (Å²) in [5.74, 6) is -0.806. The highest BCUT2D eigenvalue weighted by Gasteiger charge is 2.37. The lowest BCUT2D eigenvalue weighted by atomic mass is 9.97. The van der Waals surface area contributed by atoms with Crippen molar-refractivity contribution in [3.8, 4) is 0 Å². The van der Waals surface area contributed by atoms with Crippen LogP contribution in [0.4, 0.5) is 0 Å². The molecular formula is C20H40O4. The van der Waals surface area contributed by atoms with E-state index in [-0.39, 0.29) is 11.2 Å². The van der Waals surface area contributed by atoms with Crippen molar-refractivity contribution in [2.45, 2.75) is 129 Å². The van der Waals surface area contributed by atoms with Crippen LogP contribution in [0.5, 0.6) is 0 Å². The van der Waals surface area contributed by atoms with Gasteiger partial charge in [0.05, 0.1) is 11.2 Å². The summed E-state index contributed by atoms with van der Waals surface area (Å²) in [4.78, 5) is 23.1. The molecule has 0 amide bonds. The minimum Gasteiger partial charge on any atom is -0.228 e. The molecule has 0 saturated heterocycles.